The van der Waals surface area contributed by atoms with E-state index in [1.54, 1.807) is 19.2 Å². The summed E-state index contributed by atoms with van der Waals surface area (Å²) in [4.78, 5) is 0. The number of ether oxygens (including phenoxy) is 3. The van der Waals surface area contributed by atoms with Crippen molar-refractivity contribution in [2.45, 2.75) is 32.4 Å². The van der Waals surface area contributed by atoms with Crippen LogP contribution in [-0.2, 0) is 0 Å². The van der Waals surface area contributed by atoms with Gasteiger partial charge in [-0.2, -0.15) is 0 Å². The van der Waals surface area contributed by atoms with Gasteiger partial charge in [0, 0.05) is 0 Å². The first kappa shape index (κ1) is 14.0. The summed E-state index contributed by atoms with van der Waals surface area (Å²) >= 11 is 0. The summed E-state index contributed by atoms with van der Waals surface area (Å²) in [6, 6.07) is 3.13. The van der Waals surface area contributed by atoms with E-state index in [4.69, 9.17) is 19.9 Å². The minimum Gasteiger partial charge on any atom is -0.493 e. The van der Waals surface area contributed by atoms with Crippen LogP contribution in [-0.4, -0.2) is 25.1 Å². The molecular formula is C14H21NO4. The zero-order chi connectivity index (χ0) is 14.0. The van der Waals surface area contributed by atoms with Crippen LogP contribution in [0.25, 0.3) is 0 Å². The van der Waals surface area contributed by atoms with E-state index in [0.717, 1.165) is 12.0 Å². The fourth-order valence-electron chi connectivity index (χ4n) is 2.13. The Morgan fingerprint density at radius 3 is 2.79 bits per heavy atom. The Bertz CT molecular complexity index is 449. The first-order chi connectivity index (χ1) is 9.08. The van der Waals surface area contributed by atoms with E-state index >= 15 is 0 Å². The molecule has 3 atom stereocenters. The molecule has 5 heteroatoms. The van der Waals surface area contributed by atoms with Crippen molar-refractivity contribution in [3.8, 4) is 17.2 Å². The number of aliphatic hydroxyl groups excluding tert-OH is 1. The lowest BCUT2D eigenvalue weighted by atomic mass is 9.91. The van der Waals surface area contributed by atoms with E-state index in [1.165, 1.54) is 0 Å². The molecule has 0 amide bonds. The molecule has 0 aromatic heterocycles. The first-order valence-electron chi connectivity index (χ1n) is 6.49. The maximum absolute atomic E-state index is 10.2. The molecule has 0 fully saturated rings. The summed E-state index contributed by atoms with van der Waals surface area (Å²) in [5.41, 5.74) is 6.92. The number of rotatable bonds is 5. The standard InChI is InChI=1S/C14H21NO4/c1-4-8(2)13(16)12(15)9-5-10(17-3)14-11(6-9)18-7-19-14/h5-6,8,12-13,16H,4,7,15H2,1-3H3/t8?,12-,13+/m0/s1. The average molecular weight is 267 g/mol. The van der Waals surface area contributed by atoms with E-state index in [1.807, 2.05) is 13.8 Å². The molecule has 1 aromatic carbocycles. The van der Waals surface area contributed by atoms with Crippen LogP contribution in [0.15, 0.2) is 12.1 Å². The zero-order valence-electron chi connectivity index (χ0n) is 11.6. The highest BCUT2D eigenvalue weighted by atomic mass is 16.7. The molecule has 0 aliphatic carbocycles. The number of fused-ring (bicyclic) bond motifs is 1. The van der Waals surface area contributed by atoms with Crippen molar-refractivity contribution in [2.75, 3.05) is 13.9 Å². The van der Waals surface area contributed by atoms with Gasteiger partial charge in [0.2, 0.25) is 12.5 Å². The van der Waals surface area contributed by atoms with E-state index < -0.39 is 12.1 Å². The Morgan fingerprint density at radius 1 is 1.42 bits per heavy atom. The van der Waals surface area contributed by atoms with Gasteiger partial charge in [-0.25, -0.2) is 0 Å². The fraction of sp³-hybridized carbons (Fsp3) is 0.571. The van der Waals surface area contributed by atoms with Crippen molar-refractivity contribution in [3.63, 3.8) is 0 Å². The maximum atomic E-state index is 10.2. The molecule has 1 aliphatic rings. The van der Waals surface area contributed by atoms with Gasteiger partial charge in [-0.3, -0.25) is 0 Å². The van der Waals surface area contributed by atoms with Crippen LogP contribution < -0.4 is 19.9 Å². The van der Waals surface area contributed by atoms with Crippen molar-refractivity contribution in [1.82, 2.24) is 0 Å². The normalized spacial score (nSPS) is 17.9. The number of methoxy groups -OCH3 is 1. The Labute approximate surface area is 113 Å². The van der Waals surface area contributed by atoms with Gasteiger partial charge >= 0.3 is 0 Å². The molecule has 1 heterocycles. The Kier molecular flexibility index (Phi) is 4.17. The van der Waals surface area contributed by atoms with Crippen LogP contribution in [0.2, 0.25) is 0 Å². The summed E-state index contributed by atoms with van der Waals surface area (Å²) in [5.74, 6) is 1.92. The largest absolute Gasteiger partial charge is 0.493 e. The summed E-state index contributed by atoms with van der Waals surface area (Å²) in [6.45, 7) is 4.19. The predicted molar refractivity (Wildman–Crippen MR) is 71.5 cm³/mol. The molecule has 1 unspecified atom stereocenters. The number of hydrogen-bond acceptors (Lipinski definition) is 5. The van der Waals surface area contributed by atoms with Crippen molar-refractivity contribution in [2.24, 2.45) is 11.7 Å². The quantitative estimate of drug-likeness (QED) is 0.851. The molecule has 2 rings (SSSR count). The summed E-state index contributed by atoms with van der Waals surface area (Å²) < 4.78 is 16.0. The lowest BCUT2D eigenvalue weighted by molar-refractivity contribution is 0.0878. The number of nitrogens with two attached hydrogens (primary N) is 1. The van der Waals surface area contributed by atoms with Gasteiger partial charge in [0.25, 0.3) is 0 Å². The average Bonchev–Trinajstić information content (AvgIpc) is 2.91. The van der Waals surface area contributed by atoms with E-state index in [-0.39, 0.29) is 12.7 Å². The number of aliphatic hydroxyl groups is 1. The lowest BCUT2D eigenvalue weighted by Crippen LogP contribution is -2.31. The second kappa shape index (κ2) is 5.67. The van der Waals surface area contributed by atoms with E-state index in [0.29, 0.717) is 17.2 Å². The molecule has 1 aliphatic heterocycles. The van der Waals surface area contributed by atoms with Gasteiger partial charge < -0.3 is 25.1 Å². The molecule has 0 bridgehead atoms. The second-order valence-electron chi connectivity index (χ2n) is 4.86. The highest BCUT2D eigenvalue weighted by Gasteiger charge is 2.26. The Morgan fingerprint density at radius 2 is 2.16 bits per heavy atom. The summed E-state index contributed by atoms with van der Waals surface area (Å²) in [5, 5.41) is 10.2. The van der Waals surface area contributed by atoms with E-state index in [9.17, 15) is 5.11 Å². The van der Waals surface area contributed by atoms with Crippen molar-refractivity contribution >= 4 is 0 Å². The maximum Gasteiger partial charge on any atom is 0.231 e. The molecule has 106 valence electrons. The number of benzene rings is 1. The molecule has 19 heavy (non-hydrogen) atoms. The van der Waals surface area contributed by atoms with Gasteiger partial charge in [0.1, 0.15) is 0 Å². The predicted octanol–water partition coefficient (Wildman–Crippen LogP) is 1.83. The van der Waals surface area contributed by atoms with Crippen LogP contribution >= 0.6 is 0 Å². The molecule has 0 saturated heterocycles. The van der Waals surface area contributed by atoms with Crippen LogP contribution in [0, 0.1) is 5.92 Å². The topological polar surface area (TPSA) is 73.9 Å². The minimum atomic E-state index is -0.602. The second-order valence-corrected chi connectivity index (χ2v) is 4.86. The van der Waals surface area contributed by atoms with Crippen molar-refractivity contribution in [1.29, 1.82) is 0 Å². The zero-order valence-corrected chi connectivity index (χ0v) is 11.6. The Hall–Kier alpha value is -1.46. The third kappa shape index (κ3) is 2.62. The third-order valence-corrected chi connectivity index (χ3v) is 3.66. The van der Waals surface area contributed by atoms with Crippen LogP contribution in [0.1, 0.15) is 31.9 Å². The summed E-state index contributed by atoms with van der Waals surface area (Å²) in [7, 11) is 1.57. The van der Waals surface area contributed by atoms with Gasteiger partial charge in [0.15, 0.2) is 11.5 Å². The van der Waals surface area contributed by atoms with Crippen LogP contribution in [0.4, 0.5) is 0 Å². The smallest absolute Gasteiger partial charge is 0.231 e. The third-order valence-electron chi connectivity index (χ3n) is 3.66. The minimum absolute atomic E-state index is 0.131. The summed E-state index contributed by atoms with van der Waals surface area (Å²) in [6.07, 6.45) is 0.270. The van der Waals surface area contributed by atoms with Gasteiger partial charge in [-0.1, -0.05) is 20.3 Å². The molecular weight excluding hydrogens is 246 g/mol. The number of hydrogen-bond donors (Lipinski definition) is 2. The van der Waals surface area contributed by atoms with Crippen LogP contribution in [0.5, 0.6) is 17.2 Å². The molecule has 1 aromatic rings. The SMILES string of the molecule is CCC(C)[C@@H](O)[C@@H](N)c1cc(OC)c2c(c1)OCO2. The van der Waals surface area contributed by atoms with Crippen molar-refractivity contribution < 1.29 is 19.3 Å². The lowest BCUT2D eigenvalue weighted by Gasteiger charge is -2.24. The van der Waals surface area contributed by atoms with Gasteiger partial charge in [0.05, 0.1) is 19.3 Å². The molecule has 0 saturated carbocycles. The van der Waals surface area contributed by atoms with Crippen LogP contribution in [0.3, 0.4) is 0 Å². The highest BCUT2D eigenvalue weighted by Crippen LogP contribution is 2.43. The molecule has 0 spiro atoms. The van der Waals surface area contributed by atoms with Gasteiger partial charge in [-0.15, -0.1) is 0 Å². The molecule has 0 radical (unpaired) electrons. The molecule has 3 N–H and O–H groups in total. The monoisotopic (exact) mass is 267 g/mol. The van der Waals surface area contributed by atoms with Gasteiger partial charge in [-0.05, 0) is 23.6 Å². The highest BCUT2D eigenvalue weighted by molar-refractivity contribution is 5.55. The van der Waals surface area contributed by atoms with Crippen molar-refractivity contribution in [3.05, 3.63) is 17.7 Å². The molecule has 5 nitrogen and oxygen atoms in total. The first-order valence-corrected chi connectivity index (χ1v) is 6.49. The fourth-order valence-corrected chi connectivity index (χ4v) is 2.13. The van der Waals surface area contributed by atoms with E-state index in [2.05, 4.69) is 0 Å². The Balaban J connectivity index is 2.30.